The Hall–Kier alpha value is -1.26. The average molecular weight is 250 g/mol. The van der Waals surface area contributed by atoms with Gasteiger partial charge in [-0.1, -0.05) is 12.1 Å². The summed E-state index contributed by atoms with van der Waals surface area (Å²) in [7, 11) is 0. The first-order valence-electron chi connectivity index (χ1n) is 5.60. The molecule has 0 aliphatic heterocycles. The van der Waals surface area contributed by atoms with Crippen LogP contribution in [0.2, 0.25) is 0 Å². The van der Waals surface area contributed by atoms with E-state index in [1.807, 2.05) is 23.8 Å². The van der Waals surface area contributed by atoms with Crippen molar-refractivity contribution in [1.82, 2.24) is 4.98 Å². The maximum atomic E-state index is 12.8. The Morgan fingerprint density at radius 2 is 2.00 bits per heavy atom. The lowest BCUT2D eigenvalue weighted by atomic mass is 9.96. The number of nitrogens with zero attached hydrogens (tertiary/aromatic N) is 1. The Morgan fingerprint density at radius 1 is 1.24 bits per heavy atom. The maximum Gasteiger partial charge on any atom is 0.123 e. The molecule has 1 unspecified atom stereocenters. The summed E-state index contributed by atoms with van der Waals surface area (Å²) in [6.45, 7) is 0.634. The van der Waals surface area contributed by atoms with Crippen LogP contribution in [0.4, 0.5) is 4.39 Å². The van der Waals surface area contributed by atoms with Crippen LogP contribution >= 0.6 is 11.3 Å². The first-order chi connectivity index (χ1) is 8.28. The minimum absolute atomic E-state index is 0.194. The highest BCUT2D eigenvalue weighted by Gasteiger charge is 2.10. The minimum Gasteiger partial charge on any atom is -0.330 e. The fourth-order valence-electron chi connectivity index (χ4n) is 1.82. The number of hydrogen-bond acceptors (Lipinski definition) is 3. The zero-order valence-electron chi connectivity index (χ0n) is 9.47. The summed E-state index contributed by atoms with van der Waals surface area (Å²) < 4.78 is 12.8. The van der Waals surface area contributed by atoms with Crippen LogP contribution in [0.25, 0.3) is 0 Å². The highest BCUT2D eigenvalue weighted by Crippen LogP contribution is 2.16. The van der Waals surface area contributed by atoms with E-state index in [2.05, 4.69) is 4.98 Å². The van der Waals surface area contributed by atoms with Crippen LogP contribution in [-0.4, -0.2) is 11.5 Å². The SMILES string of the molecule is NCC(Cc1ccc(F)cc1)Cc1cncs1. The lowest BCUT2D eigenvalue weighted by Crippen LogP contribution is -2.19. The van der Waals surface area contributed by atoms with Gasteiger partial charge in [-0.25, -0.2) is 4.39 Å². The Morgan fingerprint density at radius 3 is 2.59 bits per heavy atom. The lowest BCUT2D eigenvalue weighted by Gasteiger charge is -2.13. The Kier molecular flexibility index (Phi) is 4.23. The normalized spacial score (nSPS) is 12.6. The third-order valence-electron chi connectivity index (χ3n) is 2.74. The van der Waals surface area contributed by atoms with Crippen molar-refractivity contribution in [3.05, 3.63) is 52.2 Å². The highest BCUT2D eigenvalue weighted by atomic mass is 32.1. The summed E-state index contributed by atoms with van der Waals surface area (Å²) >= 11 is 1.65. The van der Waals surface area contributed by atoms with Crippen LogP contribution in [-0.2, 0) is 12.8 Å². The minimum atomic E-state index is -0.194. The first-order valence-corrected chi connectivity index (χ1v) is 6.48. The van der Waals surface area contributed by atoms with Crippen molar-refractivity contribution in [3.8, 4) is 0 Å². The molecule has 0 saturated heterocycles. The molecule has 4 heteroatoms. The van der Waals surface area contributed by atoms with Crippen molar-refractivity contribution in [2.24, 2.45) is 11.7 Å². The van der Waals surface area contributed by atoms with Gasteiger partial charge < -0.3 is 5.73 Å². The summed E-state index contributed by atoms with van der Waals surface area (Å²) in [5.41, 5.74) is 8.74. The predicted molar refractivity (Wildman–Crippen MR) is 68.5 cm³/mol. The quantitative estimate of drug-likeness (QED) is 0.886. The van der Waals surface area contributed by atoms with Crippen LogP contribution in [0.5, 0.6) is 0 Å². The molecular formula is C13H15FN2S. The van der Waals surface area contributed by atoms with E-state index in [1.165, 1.54) is 17.0 Å². The zero-order valence-corrected chi connectivity index (χ0v) is 10.3. The molecule has 0 aliphatic carbocycles. The smallest absolute Gasteiger partial charge is 0.123 e. The van der Waals surface area contributed by atoms with E-state index in [4.69, 9.17) is 5.73 Å². The van der Waals surface area contributed by atoms with Gasteiger partial charge in [0.05, 0.1) is 5.51 Å². The molecule has 0 saturated carbocycles. The molecule has 1 atom stereocenters. The molecule has 17 heavy (non-hydrogen) atoms. The second kappa shape index (κ2) is 5.89. The molecule has 0 bridgehead atoms. The monoisotopic (exact) mass is 250 g/mol. The second-order valence-corrected chi connectivity index (χ2v) is 5.08. The zero-order chi connectivity index (χ0) is 12.1. The van der Waals surface area contributed by atoms with E-state index < -0.39 is 0 Å². The van der Waals surface area contributed by atoms with Gasteiger partial charge in [-0.2, -0.15) is 0 Å². The van der Waals surface area contributed by atoms with E-state index in [0.29, 0.717) is 12.5 Å². The number of hydrogen-bond donors (Lipinski definition) is 1. The molecule has 0 spiro atoms. The molecule has 1 aromatic heterocycles. The molecule has 2 aromatic rings. The van der Waals surface area contributed by atoms with Gasteiger partial charge in [0, 0.05) is 11.1 Å². The largest absolute Gasteiger partial charge is 0.330 e. The highest BCUT2D eigenvalue weighted by molar-refractivity contribution is 7.09. The molecule has 1 aromatic carbocycles. The van der Waals surface area contributed by atoms with Gasteiger partial charge >= 0.3 is 0 Å². The standard InChI is InChI=1S/C13H15FN2S/c14-12-3-1-10(2-4-12)5-11(7-15)6-13-8-16-9-17-13/h1-4,8-9,11H,5-7,15H2. The van der Waals surface area contributed by atoms with Gasteiger partial charge in [-0.3, -0.25) is 4.98 Å². The van der Waals surface area contributed by atoms with Crippen molar-refractivity contribution in [3.63, 3.8) is 0 Å². The third-order valence-corrected chi connectivity index (χ3v) is 3.55. The summed E-state index contributed by atoms with van der Waals surface area (Å²) in [4.78, 5) is 5.31. The van der Waals surface area contributed by atoms with Gasteiger partial charge in [0.1, 0.15) is 5.82 Å². The van der Waals surface area contributed by atoms with Crippen molar-refractivity contribution < 1.29 is 4.39 Å². The van der Waals surface area contributed by atoms with Crippen molar-refractivity contribution in [1.29, 1.82) is 0 Å². The Labute approximate surface area is 104 Å². The molecule has 2 nitrogen and oxygen atoms in total. The second-order valence-electron chi connectivity index (χ2n) is 4.10. The molecule has 0 aliphatic rings. The third kappa shape index (κ3) is 3.61. The molecule has 0 radical (unpaired) electrons. The molecule has 2 rings (SSSR count). The van der Waals surface area contributed by atoms with E-state index in [1.54, 1.807) is 11.3 Å². The number of thiazole rings is 1. The number of halogens is 1. The van der Waals surface area contributed by atoms with Gasteiger partial charge in [0.25, 0.3) is 0 Å². The summed E-state index contributed by atoms with van der Waals surface area (Å²) in [6.07, 6.45) is 3.71. The van der Waals surface area contributed by atoms with E-state index in [0.717, 1.165) is 18.4 Å². The van der Waals surface area contributed by atoms with Crippen LogP contribution in [0.3, 0.4) is 0 Å². The van der Waals surface area contributed by atoms with Crippen LogP contribution < -0.4 is 5.73 Å². The molecule has 2 N–H and O–H groups in total. The summed E-state index contributed by atoms with van der Waals surface area (Å²) in [6, 6.07) is 6.64. The molecule has 1 heterocycles. The summed E-state index contributed by atoms with van der Waals surface area (Å²) in [5, 5.41) is 0. The number of benzene rings is 1. The van der Waals surface area contributed by atoms with Crippen LogP contribution in [0.15, 0.2) is 36.0 Å². The molecular weight excluding hydrogens is 235 g/mol. The van der Waals surface area contributed by atoms with Crippen LogP contribution in [0.1, 0.15) is 10.4 Å². The van der Waals surface area contributed by atoms with Gasteiger partial charge in [-0.15, -0.1) is 11.3 Å². The van der Waals surface area contributed by atoms with Crippen molar-refractivity contribution in [2.45, 2.75) is 12.8 Å². The first kappa shape index (κ1) is 12.2. The number of rotatable bonds is 5. The van der Waals surface area contributed by atoms with Gasteiger partial charge in [0.2, 0.25) is 0 Å². The average Bonchev–Trinajstić information content (AvgIpc) is 2.84. The fraction of sp³-hybridized carbons (Fsp3) is 0.308. The van der Waals surface area contributed by atoms with Gasteiger partial charge in [0.15, 0.2) is 0 Å². The van der Waals surface area contributed by atoms with E-state index in [9.17, 15) is 4.39 Å². The van der Waals surface area contributed by atoms with Crippen LogP contribution in [0, 0.1) is 11.7 Å². The molecule has 0 fully saturated rings. The molecule has 0 amide bonds. The van der Waals surface area contributed by atoms with E-state index >= 15 is 0 Å². The van der Waals surface area contributed by atoms with Crippen molar-refractivity contribution in [2.75, 3.05) is 6.54 Å². The summed E-state index contributed by atoms with van der Waals surface area (Å²) in [5.74, 6) is 0.196. The Bertz CT molecular complexity index is 439. The molecule has 90 valence electrons. The predicted octanol–water partition coefficient (Wildman–Crippen LogP) is 2.64. The fourth-order valence-corrected chi connectivity index (χ4v) is 2.53. The van der Waals surface area contributed by atoms with E-state index in [-0.39, 0.29) is 5.82 Å². The topological polar surface area (TPSA) is 38.9 Å². The number of aromatic nitrogens is 1. The Balaban J connectivity index is 1.97. The van der Waals surface area contributed by atoms with Crippen molar-refractivity contribution >= 4 is 11.3 Å². The number of nitrogens with two attached hydrogens (primary N) is 1. The lowest BCUT2D eigenvalue weighted by molar-refractivity contribution is 0.536. The van der Waals surface area contributed by atoms with Gasteiger partial charge in [-0.05, 0) is 43.0 Å². The maximum absolute atomic E-state index is 12.8.